The van der Waals surface area contributed by atoms with Crippen LogP contribution in [-0.4, -0.2) is 17.9 Å². The number of carbonyl (C=O) groups excluding carboxylic acids is 1. The van der Waals surface area contributed by atoms with Crippen molar-refractivity contribution in [1.29, 1.82) is 0 Å². The van der Waals surface area contributed by atoms with Gasteiger partial charge in [-0.25, -0.2) is 4.98 Å². The minimum absolute atomic E-state index is 0.180. The molecule has 1 amide bonds. The molecule has 0 saturated carbocycles. The van der Waals surface area contributed by atoms with Crippen LogP contribution in [0.25, 0.3) is 0 Å². The quantitative estimate of drug-likeness (QED) is 0.899. The lowest BCUT2D eigenvalue weighted by molar-refractivity contribution is 0.103. The van der Waals surface area contributed by atoms with Crippen LogP contribution in [0.4, 0.5) is 11.5 Å². The minimum Gasteiger partial charge on any atom is -0.373 e. The average molecular weight is 268 g/mol. The van der Waals surface area contributed by atoms with Crippen molar-refractivity contribution in [1.82, 2.24) is 4.98 Å². The predicted octanol–water partition coefficient (Wildman–Crippen LogP) is 3.09. The number of amides is 1. The number of hydrogen-bond acceptors (Lipinski definition) is 4. The van der Waals surface area contributed by atoms with Crippen molar-refractivity contribution in [3.8, 4) is 0 Å². The first-order valence-corrected chi connectivity index (χ1v) is 6.09. The molecule has 0 saturated heterocycles. The Morgan fingerprint density at radius 1 is 1.35 bits per heavy atom. The number of rotatable bonds is 3. The van der Waals surface area contributed by atoms with Crippen LogP contribution in [-0.2, 0) is 0 Å². The van der Waals surface area contributed by atoms with E-state index in [1.807, 2.05) is 0 Å². The van der Waals surface area contributed by atoms with Crippen LogP contribution in [0.5, 0.6) is 0 Å². The molecule has 0 unspecified atom stereocenters. The first kappa shape index (κ1) is 11.9. The first-order chi connectivity index (χ1) is 8.19. The van der Waals surface area contributed by atoms with Gasteiger partial charge in [-0.15, -0.1) is 11.3 Å². The number of carbonyl (C=O) groups is 1. The van der Waals surface area contributed by atoms with Crippen molar-refractivity contribution in [2.45, 2.75) is 0 Å². The molecule has 0 radical (unpaired) electrons. The van der Waals surface area contributed by atoms with Gasteiger partial charge in [0.2, 0.25) is 0 Å². The lowest BCUT2D eigenvalue weighted by Gasteiger charge is -2.04. The molecule has 2 rings (SSSR count). The maximum atomic E-state index is 11.8. The van der Waals surface area contributed by atoms with Crippen LogP contribution >= 0.6 is 22.9 Å². The summed E-state index contributed by atoms with van der Waals surface area (Å²) in [5.74, 6) is 0.572. The van der Waals surface area contributed by atoms with E-state index in [-0.39, 0.29) is 5.91 Å². The van der Waals surface area contributed by atoms with Gasteiger partial charge >= 0.3 is 0 Å². The largest absolute Gasteiger partial charge is 0.373 e. The van der Waals surface area contributed by atoms with Crippen LogP contribution in [0.3, 0.4) is 0 Å². The molecule has 0 bridgehead atoms. The molecule has 2 heterocycles. The van der Waals surface area contributed by atoms with Gasteiger partial charge in [0, 0.05) is 7.05 Å². The van der Waals surface area contributed by atoms with Gasteiger partial charge in [-0.2, -0.15) is 0 Å². The summed E-state index contributed by atoms with van der Waals surface area (Å²) in [6.45, 7) is 0. The van der Waals surface area contributed by atoms with Crippen LogP contribution in [0, 0.1) is 0 Å². The highest BCUT2D eigenvalue weighted by molar-refractivity contribution is 7.18. The Kier molecular flexibility index (Phi) is 3.61. The van der Waals surface area contributed by atoms with Gasteiger partial charge in [0.1, 0.15) is 5.82 Å². The fourth-order valence-electron chi connectivity index (χ4n) is 1.24. The van der Waals surface area contributed by atoms with Gasteiger partial charge in [0.05, 0.1) is 21.1 Å². The first-order valence-electron chi connectivity index (χ1n) is 4.89. The highest BCUT2D eigenvalue weighted by Gasteiger charge is 2.08. The second-order valence-electron chi connectivity index (χ2n) is 3.24. The number of halogens is 1. The maximum absolute atomic E-state index is 11.8. The smallest absolute Gasteiger partial charge is 0.265 e. The predicted molar refractivity (Wildman–Crippen MR) is 71.1 cm³/mol. The molecule has 6 heteroatoms. The van der Waals surface area contributed by atoms with Crippen molar-refractivity contribution in [3.63, 3.8) is 0 Å². The summed E-state index contributed by atoms with van der Waals surface area (Å²) in [5.41, 5.74) is 0.651. The minimum atomic E-state index is -0.180. The molecule has 0 aliphatic carbocycles. The van der Waals surface area contributed by atoms with E-state index in [0.717, 1.165) is 5.82 Å². The van der Waals surface area contributed by atoms with E-state index in [4.69, 9.17) is 11.6 Å². The second kappa shape index (κ2) is 5.16. The molecule has 0 aliphatic heterocycles. The van der Waals surface area contributed by atoms with E-state index in [0.29, 0.717) is 14.9 Å². The number of pyridine rings is 1. The van der Waals surface area contributed by atoms with Gasteiger partial charge in [-0.05, 0) is 24.3 Å². The number of thiophene rings is 1. The SMILES string of the molecule is CNc1ccc(NC(=O)c2ccc(Cl)s2)cn1. The summed E-state index contributed by atoms with van der Waals surface area (Å²) >= 11 is 7.01. The molecular formula is C11H10ClN3OS. The van der Waals surface area contributed by atoms with Gasteiger partial charge in [0.15, 0.2) is 0 Å². The normalized spacial score (nSPS) is 10.0. The molecule has 88 valence electrons. The number of nitrogens with one attached hydrogen (secondary N) is 2. The summed E-state index contributed by atoms with van der Waals surface area (Å²) in [4.78, 5) is 16.5. The lowest BCUT2D eigenvalue weighted by Crippen LogP contribution is -2.10. The Morgan fingerprint density at radius 3 is 2.71 bits per heavy atom. The summed E-state index contributed by atoms with van der Waals surface area (Å²) in [6.07, 6.45) is 1.60. The van der Waals surface area contributed by atoms with Crippen molar-refractivity contribution >= 4 is 40.4 Å². The molecule has 2 aromatic rings. The van der Waals surface area contributed by atoms with Gasteiger partial charge < -0.3 is 10.6 Å². The third kappa shape index (κ3) is 2.95. The zero-order valence-electron chi connectivity index (χ0n) is 9.03. The Bertz CT molecular complexity index is 524. The highest BCUT2D eigenvalue weighted by atomic mass is 35.5. The molecule has 17 heavy (non-hydrogen) atoms. The third-order valence-electron chi connectivity index (χ3n) is 2.07. The number of hydrogen-bond donors (Lipinski definition) is 2. The van der Waals surface area contributed by atoms with E-state index in [9.17, 15) is 4.79 Å². The van der Waals surface area contributed by atoms with Crippen LogP contribution in [0.1, 0.15) is 9.67 Å². The summed E-state index contributed by atoms with van der Waals surface area (Å²) < 4.78 is 0.596. The lowest BCUT2D eigenvalue weighted by atomic mass is 10.3. The molecule has 0 atom stereocenters. The zero-order chi connectivity index (χ0) is 12.3. The molecule has 2 aromatic heterocycles. The number of aromatic nitrogens is 1. The Balaban J connectivity index is 2.07. The van der Waals surface area contributed by atoms with Crippen LogP contribution in [0.15, 0.2) is 30.5 Å². The van der Waals surface area contributed by atoms with Gasteiger partial charge in [0.25, 0.3) is 5.91 Å². The Morgan fingerprint density at radius 2 is 2.18 bits per heavy atom. The molecule has 2 N–H and O–H groups in total. The van der Waals surface area contributed by atoms with E-state index < -0.39 is 0 Å². The van der Waals surface area contributed by atoms with Crippen LogP contribution in [0.2, 0.25) is 4.34 Å². The molecule has 0 spiro atoms. The maximum Gasteiger partial charge on any atom is 0.265 e. The van der Waals surface area contributed by atoms with E-state index in [1.54, 1.807) is 37.5 Å². The van der Waals surface area contributed by atoms with E-state index >= 15 is 0 Å². The zero-order valence-corrected chi connectivity index (χ0v) is 10.6. The van der Waals surface area contributed by atoms with E-state index in [2.05, 4.69) is 15.6 Å². The van der Waals surface area contributed by atoms with Crippen molar-refractivity contribution in [2.24, 2.45) is 0 Å². The van der Waals surface area contributed by atoms with E-state index in [1.165, 1.54) is 11.3 Å². The monoisotopic (exact) mass is 267 g/mol. The fraction of sp³-hybridized carbons (Fsp3) is 0.0909. The fourth-order valence-corrected chi connectivity index (χ4v) is 2.18. The van der Waals surface area contributed by atoms with Crippen molar-refractivity contribution < 1.29 is 4.79 Å². The summed E-state index contributed by atoms with van der Waals surface area (Å²) in [5, 5.41) is 5.65. The number of anilines is 2. The Hall–Kier alpha value is -1.59. The summed E-state index contributed by atoms with van der Waals surface area (Å²) in [7, 11) is 1.79. The van der Waals surface area contributed by atoms with Crippen LogP contribution < -0.4 is 10.6 Å². The van der Waals surface area contributed by atoms with Gasteiger partial charge in [-0.3, -0.25) is 4.79 Å². The standard InChI is InChI=1S/C11H10ClN3OS/c1-13-10-5-2-7(6-14-10)15-11(16)8-3-4-9(12)17-8/h2-6H,1H3,(H,13,14)(H,15,16). The molecule has 0 fully saturated rings. The average Bonchev–Trinajstić information content (AvgIpc) is 2.77. The number of nitrogens with zero attached hydrogens (tertiary/aromatic N) is 1. The van der Waals surface area contributed by atoms with Gasteiger partial charge in [-0.1, -0.05) is 11.6 Å². The summed E-state index contributed by atoms with van der Waals surface area (Å²) in [6, 6.07) is 6.96. The topological polar surface area (TPSA) is 54.0 Å². The van der Waals surface area contributed by atoms with Crippen molar-refractivity contribution in [3.05, 3.63) is 39.7 Å². The second-order valence-corrected chi connectivity index (χ2v) is 4.96. The molecule has 0 aromatic carbocycles. The molecular weight excluding hydrogens is 258 g/mol. The third-order valence-corrected chi connectivity index (χ3v) is 3.30. The molecule has 4 nitrogen and oxygen atoms in total. The van der Waals surface area contributed by atoms with Crippen molar-refractivity contribution in [2.75, 3.05) is 17.7 Å². The Labute approximate surface area is 108 Å². The highest BCUT2D eigenvalue weighted by Crippen LogP contribution is 2.22. The molecule has 0 aliphatic rings.